The van der Waals surface area contributed by atoms with Crippen LogP contribution in [-0.4, -0.2) is 52.3 Å². The van der Waals surface area contributed by atoms with Crippen LogP contribution in [0.25, 0.3) is 28.4 Å². The number of hydrogen-bond donors (Lipinski definition) is 1. The minimum absolute atomic E-state index is 0.0259. The number of ether oxygens (including phenoxy) is 4. The van der Waals surface area contributed by atoms with Crippen molar-refractivity contribution in [3.05, 3.63) is 172 Å². The molecule has 300 valence electrons. The van der Waals surface area contributed by atoms with Gasteiger partial charge in [-0.05, 0) is 104 Å². The van der Waals surface area contributed by atoms with Gasteiger partial charge in [0.2, 0.25) is 11.2 Å². The lowest BCUT2D eigenvalue weighted by Gasteiger charge is -2.12. The molecule has 1 N–H and O–H groups in total. The summed E-state index contributed by atoms with van der Waals surface area (Å²) in [5.41, 5.74) is 4.89. The summed E-state index contributed by atoms with van der Waals surface area (Å²) < 4.78 is 31.6. The van der Waals surface area contributed by atoms with Crippen molar-refractivity contribution in [2.45, 2.75) is 39.3 Å². The molecular weight excluding hydrogens is 747 g/mol. The maximum atomic E-state index is 13.5. The summed E-state index contributed by atoms with van der Waals surface area (Å²) in [6, 6.07) is 36.7. The molecule has 2 aromatic heterocycles. The van der Waals surface area contributed by atoms with Crippen molar-refractivity contribution in [3.63, 3.8) is 0 Å². The summed E-state index contributed by atoms with van der Waals surface area (Å²) in [6.07, 6.45) is 7.68. The highest BCUT2D eigenvalue weighted by molar-refractivity contribution is 6.08. The first-order valence-corrected chi connectivity index (χ1v) is 19.6. The van der Waals surface area contributed by atoms with Crippen LogP contribution < -0.4 is 19.6 Å². The third kappa shape index (κ3) is 11.1. The van der Waals surface area contributed by atoms with Crippen LogP contribution in [-0.2, 0) is 24.3 Å². The summed E-state index contributed by atoms with van der Waals surface area (Å²) in [6.45, 7) is 4.49. The molecule has 2 heterocycles. The number of aryl methyl sites for hydroxylation is 2. The maximum absolute atomic E-state index is 13.5. The van der Waals surface area contributed by atoms with E-state index in [1.54, 1.807) is 41.1 Å². The molecule has 0 fully saturated rings. The summed E-state index contributed by atoms with van der Waals surface area (Å²) in [4.78, 5) is 25.9. The van der Waals surface area contributed by atoms with Crippen LogP contribution in [0.2, 0.25) is 0 Å². The van der Waals surface area contributed by atoms with E-state index in [4.69, 9.17) is 23.4 Å². The number of benzene rings is 5. The smallest absolute Gasteiger partial charge is 0.235 e. The van der Waals surface area contributed by atoms with E-state index < -0.39 is 0 Å². The van der Waals surface area contributed by atoms with Crippen LogP contribution in [0.1, 0.15) is 45.6 Å². The topological polar surface area (TPSA) is 135 Å². The number of hydrogen-bond acceptors (Lipinski definition) is 10. The second kappa shape index (κ2) is 19.9. The number of para-hydroxylation sites is 1. The molecule has 59 heavy (non-hydrogen) atoms. The molecule has 0 bridgehead atoms. The van der Waals surface area contributed by atoms with E-state index in [2.05, 4.69) is 10.3 Å². The van der Waals surface area contributed by atoms with Gasteiger partial charge < -0.3 is 28.5 Å². The maximum Gasteiger partial charge on any atom is 0.235 e. The van der Waals surface area contributed by atoms with Gasteiger partial charge in [-0.2, -0.15) is 0 Å². The molecular formula is C48H45N3O8. The molecule has 11 nitrogen and oxygen atoms in total. The Morgan fingerprint density at radius 2 is 1.54 bits per heavy atom. The first-order chi connectivity index (χ1) is 28.9. The highest BCUT2D eigenvalue weighted by Gasteiger charge is 2.18. The lowest BCUT2D eigenvalue weighted by atomic mass is 10.1. The van der Waals surface area contributed by atoms with E-state index in [1.165, 1.54) is 12.1 Å². The van der Waals surface area contributed by atoms with Crippen LogP contribution in [0.5, 0.6) is 23.0 Å². The van der Waals surface area contributed by atoms with Crippen LogP contribution in [0, 0.1) is 6.92 Å². The third-order valence-corrected chi connectivity index (χ3v) is 9.47. The van der Waals surface area contributed by atoms with Gasteiger partial charge in [0.15, 0.2) is 11.5 Å². The first kappa shape index (κ1) is 40.2. The second-order valence-electron chi connectivity index (χ2n) is 13.9. The van der Waals surface area contributed by atoms with Crippen molar-refractivity contribution in [3.8, 4) is 34.3 Å². The fourth-order valence-corrected chi connectivity index (χ4v) is 6.30. The molecule has 0 saturated heterocycles. The molecule has 7 aromatic rings. The number of aromatic nitrogens is 3. The zero-order valence-corrected chi connectivity index (χ0v) is 32.8. The molecule has 0 atom stereocenters. The number of phenolic OH excluding ortho intramolecular Hbond substituents is 1. The van der Waals surface area contributed by atoms with E-state index in [0.29, 0.717) is 61.0 Å². The summed E-state index contributed by atoms with van der Waals surface area (Å²) in [5.74, 6) is 1.68. The first-order valence-electron chi connectivity index (χ1n) is 19.6. The van der Waals surface area contributed by atoms with Gasteiger partial charge in [0, 0.05) is 11.8 Å². The average molecular weight is 792 g/mol. The zero-order chi connectivity index (χ0) is 40.8. The Balaban J connectivity index is 0.786. The van der Waals surface area contributed by atoms with E-state index in [9.17, 15) is 14.7 Å². The van der Waals surface area contributed by atoms with Crippen molar-refractivity contribution < 1.29 is 33.3 Å². The van der Waals surface area contributed by atoms with Gasteiger partial charge in [-0.3, -0.25) is 9.59 Å². The Morgan fingerprint density at radius 1 is 0.797 bits per heavy atom. The highest BCUT2D eigenvalue weighted by Crippen LogP contribution is 2.32. The number of rotatable bonds is 20. The number of ketones is 1. The SMILES string of the molecule is Cc1ccc(O)c(C(=O)/C=C/c2ccc(OCCCCc3cn(CCOCCOc4ccc(-c5oc6ccccc6c(=O)c5OCc5ccccc5)cc4)nn3)cc2)c1. The number of fused-ring (bicyclic) bond motifs is 1. The fraction of sp³-hybridized carbons (Fsp3) is 0.208. The molecule has 7 rings (SSSR count). The van der Waals surface area contributed by atoms with Gasteiger partial charge in [-0.15, -0.1) is 5.10 Å². The molecule has 0 saturated carbocycles. The summed E-state index contributed by atoms with van der Waals surface area (Å²) in [7, 11) is 0. The Kier molecular flexibility index (Phi) is 13.6. The Bertz CT molecular complexity index is 2550. The van der Waals surface area contributed by atoms with Crippen LogP contribution in [0.4, 0.5) is 0 Å². The minimum Gasteiger partial charge on any atom is -0.507 e. The number of aromatic hydroxyl groups is 1. The normalized spacial score (nSPS) is 11.3. The predicted octanol–water partition coefficient (Wildman–Crippen LogP) is 9.04. The Hall–Kier alpha value is -6.98. The summed E-state index contributed by atoms with van der Waals surface area (Å²) >= 11 is 0. The molecule has 0 aliphatic carbocycles. The van der Waals surface area contributed by atoms with E-state index in [1.807, 2.05) is 98.0 Å². The van der Waals surface area contributed by atoms with Crippen molar-refractivity contribution >= 4 is 22.8 Å². The van der Waals surface area contributed by atoms with Crippen molar-refractivity contribution in [1.82, 2.24) is 15.0 Å². The van der Waals surface area contributed by atoms with Gasteiger partial charge in [-0.25, -0.2) is 4.68 Å². The number of carbonyl (C=O) groups excluding carboxylic acids is 1. The van der Waals surface area contributed by atoms with E-state index >= 15 is 0 Å². The average Bonchev–Trinajstić information content (AvgIpc) is 3.72. The minimum atomic E-state index is -0.250. The quantitative estimate of drug-likeness (QED) is 0.0453. The van der Waals surface area contributed by atoms with Gasteiger partial charge in [0.05, 0.1) is 43.0 Å². The van der Waals surface area contributed by atoms with Crippen LogP contribution in [0.15, 0.2) is 143 Å². The molecule has 0 radical (unpaired) electrons. The fourth-order valence-electron chi connectivity index (χ4n) is 6.30. The highest BCUT2D eigenvalue weighted by atomic mass is 16.5. The van der Waals surface area contributed by atoms with E-state index in [-0.39, 0.29) is 34.9 Å². The summed E-state index contributed by atoms with van der Waals surface area (Å²) in [5, 5.41) is 19.0. The molecule has 0 spiro atoms. The predicted molar refractivity (Wildman–Crippen MR) is 226 cm³/mol. The number of unbranched alkanes of at least 4 members (excludes halogenated alkanes) is 1. The number of carbonyl (C=O) groups is 1. The molecule has 0 amide bonds. The Morgan fingerprint density at radius 3 is 2.36 bits per heavy atom. The zero-order valence-electron chi connectivity index (χ0n) is 32.8. The van der Waals surface area contributed by atoms with Crippen LogP contribution in [0.3, 0.4) is 0 Å². The third-order valence-electron chi connectivity index (χ3n) is 9.47. The molecule has 0 aliphatic heterocycles. The van der Waals surface area contributed by atoms with Crippen molar-refractivity contribution in [2.24, 2.45) is 0 Å². The lowest BCUT2D eigenvalue weighted by molar-refractivity contribution is 0.0923. The van der Waals surface area contributed by atoms with Gasteiger partial charge in [0.1, 0.15) is 36.0 Å². The second-order valence-corrected chi connectivity index (χ2v) is 13.9. The largest absolute Gasteiger partial charge is 0.507 e. The Labute approximate surface area is 342 Å². The molecule has 11 heteroatoms. The van der Waals surface area contributed by atoms with Crippen LogP contribution >= 0.6 is 0 Å². The van der Waals surface area contributed by atoms with Crippen molar-refractivity contribution in [2.75, 3.05) is 26.4 Å². The number of nitrogens with zero attached hydrogens (tertiary/aromatic N) is 3. The van der Waals surface area contributed by atoms with Crippen molar-refractivity contribution in [1.29, 1.82) is 0 Å². The number of phenols is 1. The lowest BCUT2D eigenvalue weighted by Crippen LogP contribution is -2.12. The monoisotopic (exact) mass is 791 g/mol. The van der Waals surface area contributed by atoms with E-state index in [0.717, 1.165) is 47.4 Å². The molecule has 0 aliphatic rings. The standard InChI is InChI=1S/C48H45N3O8/c1-34-14-24-43(52)42(31-34)44(53)25-17-35-15-20-39(21-16-35)56-27-8-7-11-38-32-51(50-49-38)26-28-55-29-30-57-40-22-18-37(19-23-40)47-48(58-33-36-9-3-2-4-10-36)46(54)41-12-5-6-13-45(41)59-47/h2-6,9-10,12-25,31-32,52H,7-8,11,26-30,33H2,1H3/b25-17+. The number of allylic oxidation sites excluding steroid dienone is 1. The molecule has 5 aromatic carbocycles. The van der Waals surface area contributed by atoms with Gasteiger partial charge >= 0.3 is 0 Å². The van der Waals surface area contributed by atoms with Gasteiger partial charge in [-0.1, -0.05) is 77.5 Å². The van der Waals surface area contributed by atoms with Gasteiger partial charge in [0.25, 0.3) is 0 Å². The molecule has 0 unspecified atom stereocenters.